The van der Waals surface area contributed by atoms with E-state index in [0.29, 0.717) is 29.6 Å². The largest absolute Gasteiger partial charge is 0.350 e. The lowest BCUT2D eigenvalue weighted by atomic mass is 10.1. The molecule has 0 saturated heterocycles. The molecule has 1 aliphatic rings. The first kappa shape index (κ1) is 21.0. The minimum absolute atomic E-state index is 0.137. The van der Waals surface area contributed by atoms with Crippen LogP contribution in [0.3, 0.4) is 0 Å². The SMILES string of the molecule is Cc1nc(-c2c3n(c(=O)n(CC(=O)NCc4ccccc4Cl)c2=O)CCCCC3)no1. The number of amides is 1. The summed E-state index contributed by atoms with van der Waals surface area (Å²) < 4.78 is 7.57. The zero-order chi connectivity index (χ0) is 22.0. The molecule has 4 rings (SSSR count). The molecule has 0 atom stereocenters. The summed E-state index contributed by atoms with van der Waals surface area (Å²) in [6, 6.07) is 7.13. The van der Waals surface area contributed by atoms with Crippen LogP contribution in [-0.4, -0.2) is 25.2 Å². The molecule has 0 radical (unpaired) electrons. The zero-order valence-electron chi connectivity index (χ0n) is 17.1. The molecule has 0 aliphatic carbocycles. The fraction of sp³-hybridized carbons (Fsp3) is 0.381. The molecular formula is C21H22ClN5O4. The Labute approximate surface area is 182 Å². The van der Waals surface area contributed by atoms with Crippen LogP contribution in [0.1, 0.15) is 36.4 Å². The number of carbonyl (C=O) groups excluding carboxylic acids is 1. The predicted octanol–water partition coefficient (Wildman–Crippen LogP) is 2.06. The van der Waals surface area contributed by atoms with Gasteiger partial charge in [-0.3, -0.25) is 18.7 Å². The number of nitrogens with one attached hydrogen (secondary N) is 1. The zero-order valence-corrected chi connectivity index (χ0v) is 17.8. The molecule has 162 valence electrons. The van der Waals surface area contributed by atoms with E-state index in [1.807, 2.05) is 6.07 Å². The molecule has 1 aromatic carbocycles. The predicted molar refractivity (Wildman–Crippen MR) is 114 cm³/mol. The second kappa shape index (κ2) is 8.89. The number of carbonyl (C=O) groups is 1. The number of halogens is 1. The number of aromatic nitrogens is 4. The Kier molecular flexibility index (Phi) is 6.03. The number of hydrogen-bond acceptors (Lipinski definition) is 6. The number of fused-ring (bicyclic) bond motifs is 1. The maximum atomic E-state index is 13.3. The molecule has 9 nitrogen and oxygen atoms in total. The lowest BCUT2D eigenvalue weighted by Crippen LogP contribution is -2.45. The second-order valence-electron chi connectivity index (χ2n) is 7.46. The van der Waals surface area contributed by atoms with Crippen molar-refractivity contribution in [3.05, 3.63) is 67.3 Å². The molecule has 3 aromatic rings. The summed E-state index contributed by atoms with van der Waals surface area (Å²) in [4.78, 5) is 43.1. The highest BCUT2D eigenvalue weighted by Gasteiger charge is 2.25. The van der Waals surface area contributed by atoms with Crippen LogP contribution in [0.15, 0.2) is 38.4 Å². The van der Waals surface area contributed by atoms with E-state index in [9.17, 15) is 14.4 Å². The van der Waals surface area contributed by atoms with Crippen molar-refractivity contribution in [3.63, 3.8) is 0 Å². The van der Waals surface area contributed by atoms with Crippen LogP contribution >= 0.6 is 11.6 Å². The smallest absolute Gasteiger partial charge is 0.331 e. The van der Waals surface area contributed by atoms with Gasteiger partial charge in [0.15, 0.2) is 0 Å². The van der Waals surface area contributed by atoms with E-state index in [0.717, 1.165) is 29.4 Å². The van der Waals surface area contributed by atoms with Gasteiger partial charge in [0, 0.05) is 30.7 Å². The molecule has 3 heterocycles. The van der Waals surface area contributed by atoms with Crippen LogP contribution in [0.2, 0.25) is 5.02 Å². The summed E-state index contributed by atoms with van der Waals surface area (Å²) in [6.45, 7) is 1.88. The standard InChI is InChI=1S/C21H22ClN5O4/c1-13-24-19(25-31-13)18-16-9-3-2-6-10-26(16)21(30)27(20(18)29)12-17(28)23-11-14-7-4-5-8-15(14)22/h4-5,7-8H,2-3,6,9-12H2,1H3,(H,23,28). The summed E-state index contributed by atoms with van der Waals surface area (Å²) >= 11 is 6.12. The summed E-state index contributed by atoms with van der Waals surface area (Å²) in [6.07, 6.45) is 3.17. The molecule has 1 N–H and O–H groups in total. The van der Waals surface area contributed by atoms with Crippen molar-refractivity contribution >= 4 is 17.5 Å². The summed E-state index contributed by atoms with van der Waals surface area (Å²) in [5.74, 6) is -0.0149. The number of rotatable bonds is 5. The van der Waals surface area contributed by atoms with Gasteiger partial charge >= 0.3 is 5.69 Å². The molecule has 1 amide bonds. The van der Waals surface area contributed by atoms with Gasteiger partial charge in [0.25, 0.3) is 5.56 Å². The summed E-state index contributed by atoms with van der Waals surface area (Å²) in [5, 5.41) is 7.14. The Balaban J connectivity index is 1.70. The van der Waals surface area contributed by atoms with E-state index in [1.165, 1.54) is 0 Å². The Hall–Kier alpha value is -3.20. The molecular weight excluding hydrogens is 422 g/mol. The van der Waals surface area contributed by atoms with Crippen LogP contribution in [0.25, 0.3) is 11.4 Å². The van der Waals surface area contributed by atoms with Crippen molar-refractivity contribution in [2.75, 3.05) is 0 Å². The maximum Gasteiger partial charge on any atom is 0.331 e. The second-order valence-corrected chi connectivity index (χ2v) is 7.87. The Morgan fingerprint density at radius 3 is 2.77 bits per heavy atom. The molecule has 0 saturated carbocycles. The number of hydrogen-bond donors (Lipinski definition) is 1. The highest BCUT2D eigenvalue weighted by molar-refractivity contribution is 6.31. The molecule has 1 aliphatic heterocycles. The van der Waals surface area contributed by atoms with Crippen molar-refractivity contribution in [2.45, 2.75) is 52.2 Å². The molecule has 10 heteroatoms. The first-order chi connectivity index (χ1) is 15.0. The van der Waals surface area contributed by atoms with Gasteiger partial charge in [0.1, 0.15) is 12.1 Å². The highest BCUT2D eigenvalue weighted by Crippen LogP contribution is 2.21. The molecule has 31 heavy (non-hydrogen) atoms. The first-order valence-corrected chi connectivity index (χ1v) is 10.5. The fourth-order valence-corrected chi connectivity index (χ4v) is 3.97. The van der Waals surface area contributed by atoms with E-state index in [2.05, 4.69) is 15.5 Å². The van der Waals surface area contributed by atoms with Gasteiger partial charge in [-0.25, -0.2) is 4.79 Å². The number of aryl methyl sites for hydroxylation is 1. The maximum absolute atomic E-state index is 13.3. The third-order valence-electron chi connectivity index (χ3n) is 5.32. The van der Waals surface area contributed by atoms with Gasteiger partial charge in [-0.05, 0) is 30.9 Å². The summed E-state index contributed by atoms with van der Waals surface area (Å²) in [5.41, 5.74) is 0.468. The average molecular weight is 444 g/mol. The quantitative estimate of drug-likeness (QED) is 0.646. The topological polar surface area (TPSA) is 112 Å². The van der Waals surface area contributed by atoms with E-state index in [-0.39, 0.29) is 17.9 Å². The highest BCUT2D eigenvalue weighted by atomic mass is 35.5. The van der Waals surface area contributed by atoms with Gasteiger partial charge in [-0.1, -0.05) is 41.4 Å². The van der Waals surface area contributed by atoms with Gasteiger partial charge in [0.05, 0.1) is 0 Å². The Bertz CT molecular complexity index is 1240. The van der Waals surface area contributed by atoms with Crippen LogP contribution in [0.4, 0.5) is 0 Å². The minimum Gasteiger partial charge on any atom is -0.350 e. The number of nitrogens with zero attached hydrogens (tertiary/aromatic N) is 4. The van der Waals surface area contributed by atoms with E-state index >= 15 is 0 Å². The van der Waals surface area contributed by atoms with Crippen molar-refractivity contribution in [3.8, 4) is 11.4 Å². The van der Waals surface area contributed by atoms with E-state index in [1.54, 1.807) is 29.7 Å². The van der Waals surface area contributed by atoms with Crippen LogP contribution < -0.4 is 16.6 Å². The van der Waals surface area contributed by atoms with Crippen molar-refractivity contribution in [1.82, 2.24) is 24.6 Å². The van der Waals surface area contributed by atoms with Crippen LogP contribution in [0.5, 0.6) is 0 Å². The van der Waals surface area contributed by atoms with E-state index in [4.69, 9.17) is 16.1 Å². The Morgan fingerprint density at radius 2 is 2.03 bits per heavy atom. The van der Waals surface area contributed by atoms with Crippen molar-refractivity contribution < 1.29 is 9.32 Å². The van der Waals surface area contributed by atoms with Crippen LogP contribution in [-0.2, 0) is 30.8 Å². The van der Waals surface area contributed by atoms with E-state index < -0.39 is 23.7 Å². The fourth-order valence-electron chi connectivity index (χ4n) is 3.77. The molecule has 0 bridgehead atoms. The molecule has 0 spiro atoms. The molecule has 0 fully saturated rings. The first-order valence-electron chi connectivity index (χ1n) is 10.1. The van der Waals surface area contributed by atoms with Gasteiger partial charge in [0.2, 0.25) is 17.6 Å². The summed E-state index contributed by atoms with van der Waals surface area (Å²) in [7, 11) is 0. The monoisotopic (exact) mass is 443 g/mol. The molecule has 0 unspecified atom stereocenters. The van der Waals surface area contributed by atoms with Crippen LogP contribution in [0, 0.1) is 6.92 Å². The lowest BCUT2D eigenvalue weighted by molar-refractivity contribution is -0.121. The molecule has 2 aromatic heterocycles. The van der Waals surface area contributed by atoms with Crippen molar-refractivity contribution in [1.29, 1.82) is 0 Å². The minimum atomic E-state index is -0.591. The average Bonchev–Trinajstić information content (AvgIpc) is 3.02. The third kappa shape index (κ3) is 4.32. The normalized spacial score (nSPS) is 13.5. The Morgan fingerprint density at radius 1 is 1.23 bits per heavy atom. The van der Waals surface area contributed by atoms with Gasteiger partial charge in [-0.2, -0.15) is 4.98 Å². The third-order valence-corrected chi connectivity index (χ3v) is 5.69. The van der Waals surface area contributed by atoms with Gasteiger partial charge in [-0.15, -0.1) is 0 Å². The van der Waals surface area contributed by atoms with Crippen molar-refractivity contribution in [2.24, 2.45) is 0 Å². The van der Waals surface area contributed by atoms with Gasteiger partial charge < -0.3 is 9.84 Å². The lowest BCUT2D eigenvalue weighted by Gasteiger charge is -2.16. The number of benzene rings is 1.